The topological polar surface area (TPSA) is 81.8 Å². The summed E-state index contributed by atoms with van der Waals surface area (Å²) in [6.07, 6.45) is 3.19. The molecule has 4 aromatic rings. The number of carbonyl (C=O) groups excluding carboxylic acids is 1. The lowest BCUT2D eigenvalue weighted by Gasteiger charge is -2.31. The summed E-state index contributed by atoms with van der Waals surface area (Å²) in [5, 5.41) is 10.5. The van der Waals surface area contributed by atoms with E-state index in [2.05, 4.69) is 38.3 Å². The lowest BCUT2D eigenvalue weighted by atomic mass is 10.1. The van der Waals surface area contributed by atoms with Crippen LogP contribution in [0.25, 0.3) is 33.5 Å². The van der Waals surface area contributed by atoms with Gasteiger partial charge in [0.15, 0.2) is 5.82 Å². The fourth-order valence-electron chi connectivity index (χ4n) is 5.37. The lowest BCUT2D eigenvalue weighted by molar-refractivity contribution is 0.0600. The van der Waals surface area contributed by atoms with Crippen molar-refractivity contribution in [3.05, 3.63) is 42.0 Å². The van der Waals surface area contributed by atoms with Crippen LogP contribution >= 0.6 is 0 Å². The number of aliphatic hydroxyl groups is 1. The van der Waals surface area contributed by atoms with E-state index in [-0.39, 0.29) is 6.61 Å². The van der Waals surface area contributed by atoms with E-state index in [0.717, 1.165) is 55.2 Å². The van der Waals surface area contributed by atoms with Crippen LogP contribution in [0.5, 0.6) is 5.75 Å². The number of methoxy groups -OCH3 is 2. The van der Waals surface area contributed by atoms with Crippen molar-refractivity contribution in [1.29, 1.82) is 0 Å². The number of imidazole rings is 1. The van der Waals surface area contributed by atoms with Crippen molar-refractivity contribution in [3.63, 3.8) is 0 Å². The van der Waals surface area contributed by atoms with Crippen molar-refractivity contribution in [1.82, 2.24) is 14.1 Å². The Morgan fingerprint density at radius 2 is 2.00 bits per heavy atom. The SMILES string of the molecule is COC(=O)c1cc(OC)c2c(c1)nc(-c1cc3cccc4c3n1CCN4CCCO)n2CC1CC1. The van der Waals surface area contributed by atoms with Gasteiger partial charge in [-0.25, -0.2) is 9.78 Å². The fraction of sp³-hybridized carbons (Fsp3) is 0.407. The largest absolute Gasteiger partial charge is 0.494 e. The van der Waals surface area contributed by atoms with Crippen molar-refractivity contribution in [2.45, 2.75) is 32.4 Å². The van der Waals surface area contributed by atoms with E-state index in [1.54, 1.807) is 19.2 Å². The number of rotatable bonds is 8. The van der Waals surface area contributed by atoms with E-state index in [0.29, 0.717) is 17.2 Å². The number of aromatic nitrogens is 3. The number of carbonyl (C=O) groups is 1. The van der Waals surface area contributed by atoms with Gasteiger partial charge in [0, 0.05) is 38.2 Å². The van der Waals surface area contributed by atoms with Crippen molar-refractivity contribution < 1.29 is 19.4 Å². The first kappa shape index (κ1) is 22.0. The van der Waals surface area contributed by atoms with Gasteiger partial charge in [-0.1, -0.05) is 12.1 Å². The van der Waals surface area contributed by atoms with Crippen molar-refractivity contribution in [2.24, 2.45) is 5.92 Å². The highest BCUT2D eigenvalue weighted by atomic mass is 16.5. The molecule has 182 valence electrons. The molecule has 0 amide bonds. The Hall–Kier alpha value is -3.52. The molecular weight excluding hydrogens is 444 g/mol. The number of para-hydroxylation sites is 1. The van der Waals surface area contributed by atoms with Crippen LogP contribution in [0.4, 0.5) is 5.69 Å². The molecular formula is C27H30N4O4. The summed E-state index contributed by atoms with van der Waals surface area (Å²) in [7, 11) is 3.01. The van der Waals surface area contributed by atoms with Gasteiger partial charge in [0.1, 0.15) is 11.3 Å². The average Bonchev–Trinajstić information content (AvgIpc) is 3.53. The van der Waals surface area contributed by atoms with Gasteiger partial charge in [-0.2, -0.15) is 0 Å². The molecule has 1 aliphatic carbocycles. The number of anilines is 1. The number of benzene rings is 2. The molecule has 0 radical (unpaired) electrons. The second kappa shape index (κ2) is 8.61. The number of esters is 1. The third-order valence-corrected chi connectivity index (χ3v) is 7.23. The standard InChI is InChI=1S/C27H30N4O4/c1-34-23-15-19(27(33)35-2)13-20-25(23)31(16-17-7-8-17)26(28-20)22-14-18-5-3-6-21-24(18)30(22)11-10-29(21)9-4-12-32/h3,5-6,13-15,17,32H,4,7-12,16H2,1-2H3. The molecule has 1 aliphatic heterocycles. The highest BCUT2D eigenvalue weighted by Crippen LogP contribution is 2.41. The van der Waals surface area contributed by atoms with Crippen molar-refractivity contribution in [3.8, 4) is 17.3 Å². The molecule has 0 bridgehead atoms. The minimum absolute atomic E-state index is 0.194. The van der Waals surface area contributed by atoms with Gasteiger partial charge < -0.3 is 28.6 Å². The van der Waals surface area contributed by atoms with Gasteiger partial charge in [-0.15, -0.1) is 0 Å². The van der Waals surface area contributed by atoms with Gasteiger partial charge >= 0.3 is 5.97 Å². The number of nitrogens with zero attached hydrogens (tertiary/aromatic N) is 4. The maximum Gasteiger partial charge on any atom is 0.338 e. The minimum atomic E-state index is -0.403. The molecule has 1 fully saturated rings. The molecule has 0 saturated heterocycles. The first-order valence-electron chi connectivity index (χ1n) is 12.3. The summed E-state index contributed by atoms with van der Waals surface area (Å²) in [6, 6.07) is 12.2. The molecule has 0 unspecified atom stereocenters. The molecule has 2 aromatic carbocycles. The van der Waals surface area contributed by atoms with Crippen LogP contribution in [-0.4, -0.2) is 59.1 Å². The van der Waals surface area contributed by atoms with Crippen molar-refractivity contribution >= 4 is 33.6 Å². The Labute approximate surface area is 203 Å². The van der Waals surface area contributed by atoms with E-state index in [4.69, 9.17) is 14.5 Å². The van der Waals surface area contributed by atoms with Gasteiger partial charge in [-0.3, -0.25) is 0 Å². The molecule has 3 heterocycles. The van der Waals surface area contributed by atoms with Crippen LogP contribution < -0.4 is 9.64 Å². The summed E-state index contributed by atoms with van der Waals surface area (Å²) in [5.41, 5.74) is 5.57. The van der Waals surface area contributed by atoms with Crippen LogP contribution in [0.2, 0.25) is 0 Å². The molecule has 6 rings (SSSR count). The number of fused-ring (bicyclic) bond motifs is 1. The smallest absolute Gasteiger partial charge is 0.338 e. The van der Waals surface area contributed by atoms with Crippen LogP contribution in [0.3, 0.4) is 0 Å². The molecule has 0 atom stereocenters. The van der Waals surface area contributed by atoms with E-state index < -0.39 is 5.97 Å². The number of ether oxygens (including phenoxy) is 2. The zero-order valence-electron chi connectivity index (χ0n) is 20.2. The Morgan fingerprint density at radius 3 is 2.74 bits per heavy atom. The predicted molar refractivity (Wildman–Crippen MR) is 135 cm³/mol. The summed E-state index contributed by atoms with van der Waals surface area (Å²) >= 11 is 0. The Balaban J connectivity index is 1.56. The third-order valence-electron chi connectivity index (χ3n) is 7.23. The van der Waals surface area contributed by atoms with Crippen LogP contribution in [0.1, 0.15) is 29.6 Å². The predicted octanol–water partition coefficient (Wildman–Crippen LogP) is 4.07. The third kappa shape index (κ3) is 3.63. The first-order chi connectivity index (χ1) is 17.1. The van der Waals surface area contributed by atoms with Crippen molar-refractivity contribution in [2.75, 3.05) is 38.8 Å². The Bertz CT molecular complexity index is 1430. The molecule has 1 saturated carbocycles. The number of aliphatic hydroxyl groups excluding tert-OH is 1. The summed E-state index contributed by atoms with van der Waals surface area (Å²) in [4.78, 5) is 19.8. The second-order valence-corrected chi connectivity index (χ2v) is 9.49. The summed E-state index contributed by atoms with van der Waals surface area (Å²) < 4.78 is 15.4. The van der Waals surface area contributed by atoms with E-state index in [1.165, 1.54) is 36.5 Å². The minimum Gasteiger partial charge on any atom is -0.494 e. The summed E-state index contributed by atoms with van der Waals surface area (Å²) in [6.45, 7) is 3.63. The maximum atomic E-state index is 12.3. The molecule has 35 heavy (non-hydrogen) atoms. The normalized spacial score (nSPS) is 15.2. The van der Waals surface area contributed by atoms with Gasteiger partial charge in [-0.05, 0) is 49.4 Å². The van der Waals surface area contributed by atoms with Gasteiger partial charge in [0.25, 0.3) is 0 Å². The van der Waals surface area contributed by atoms with E-state index >= 15 is 0 Å². The summed E-state index contributed by atoms with van der Waals surface area (Å²) in [5.74, 6) is 1.76. The van der Waals surface area contributed by atoms with Crippen LogP contribution in [0.15, 0.2) is 36.4 Å². The monoisotopic (exact) mass is 474 g/mol. The first-order valence-corrected chi connectivity index (χ1v) is 12.3. The molecule has 2 aliphatic rings. The molecule has 1 N–H and O–H groups in total. The Kier molecular flexibility index (Phi) is 5.40. The number of hydrogen-bond acceptors (Lipinski definition) is 6. The average molecular weight is 475 g/mol. The van der Waals surface area contributed by atoms with Crippen LogP contribution in [0, 0.1) is 5.92 Å². The zero-order valence-corrected chi connectivity index (χ0v) is 20.2. The quantitative estimate of drug-likeness (QED) is 0.388. The zero-order chi connectivity index (χ0) is 24.1. The highest BCUT2D eigenvalue weighted by molar-refractivity contribution is 5.99. The van der Waals surface area contributed by atoms with Gasteiger partial charge in [0.2, 0.25) is 0 Å². The molecule has 8 nitrogen and oxygen atoms in total. The second-order valence-electron chi connectivity index (χ2n) is 9.49. The van der Waals surface area contributed by atoms with E-state index in [1.807, 2.05) is 0 Å². The lowest BCUT2D eigenvalue weighted by Crippen LogP contribution is -2.33. The van der Waals surface area contributed by atoms with Gasteiger partial charge in [0.05, 0.1) is 42.2 Å². The highest BCUT2D eigenvalue weighted by Gasteiger charge is 2.29. The maximum absolute atomic E-state index is 12.3. The number of hydrogen-bond donors (Lipinski definition) is 1. The van der Waals surface area contributed by atoms with Crippen LogP contribution in [-0.2, 0) is 17.8 Å². The molecule has 0 spiro atoms. The molecule has 8 heteroatoms. The molecule has 2 aromatic heterocycles. The van der Waals surface area contributed by atoms with E-state index in [9.17, 15) is 9.90 Å². The Morgan fingerprint density at radius 1 is 1.14 bits per heavy atom. The fourth-order valence-corrected chi connectivity index (χ4v) is 5.37.